The monoisotopic (exact) mass is 1800 g/mol. The average Bonchev–Trinajstić information content (AvgIpc) is 0.748. The van der Waals surface area contributed by atoms with Crippen molar-refractivity contribution in [3.8, 4) is 55.6 Å². The highest BCUT2D eigenvalue weighted by atomic mass is 127. The SMILES string of the molecule is Brc1ccc(-c2c3ccccc3c(-c3ccccc3)c3ccccc23)cc1.Brc1ccc(I)cc1.C[Si](C)(C)c1cccc(N(c2ccccc2)c2ccc(-c3c4ccccc4c(-c4ccccc4)c4ccccc34)cc2)n1.C[Si](C)(C)c1cccc(Nc2ccccc2)n1.OB(O)c1c2ccccc2c(-c2ccccc2)c2ccccc12. The molecule has 2 aromatic heterocycles. The van der Waals surface area contributed by atoms with Gasteiger partial charge in [-0.1, -0.05) is 381 Å². The van der Waals surface area contributed by atoms with E-state index in [9.17, 15) is 10.0 Å². The van der Waals surface area contributed by atoms with Gasteiger partial charge in [0.25, 0.3) is 0 Å². The molecule has 0 saturated heterocycles. The molecule has 12 heteroatoms. The van der Waals surface area contributed by atoms with E-state index >= 15 is 0 Å². The molecule has 0 saturated carbocycles. The van der Waals surface area contributed by atoms with Crippen LogP contribution in [0.3, 0.4) is 0 Å². The third-order valence-electron chi connectivity index (χ3n) is 20.9. The molecule has 6 nitrogen and oxygen atoms in total. The molecule has 19 rings (SSSR count). The smallest absolute Gasteiger partial charge is 0.423 e. The van der Waals surface area contributed by atoms with E-state index in [1.807, 2.05) is 115 Å². The summed E-state index contributed by atoms with van der Waals surface area (Å²) in [5, 5.41) is 39.7. The molecule has 19 aromatic rings. The number of fused-ring (bicyclic) bond motifs is 6. The molecule has 0 aliphatic carbocycles. The molecule has 576 valence electrons. The van der Waals surface area contributed by atoms with E-state index in [0.29, 0.717) is 5.46 Å². The molecular formula is C106H88BBr2IN4O2Si2. The lowest BCUT2D eigenvalue weighted by Gasteiger charge is -2.26. The van der Waals surface area contributed by atoms with Crippen LogP contribution in [0.5, 0.6) is 0 Å². The molecule has 17 aromatic carbocycles. The molecule has 0 spiro atoms. The van der Waals surface area contributed by atoms with Crippen molar-refractivity contribution in [1.29, 1.82) is 0 Å². The second-order valence-corrected chi connectivity index (χ2v) is 44.1. The van der Waals surface area contributed by atoms with Gasteiger partial charge in [0.15, 0.2) is 0 Å². The second-order valence-electron chi connectivity index (χ2n) is 31.0. The fourth-order valence-corrected chi connectivity index (χ4v) is 18.4. The van der Waals surface area contributed by atoms with Crippen LogP contribution in [0.2, 0.25) is 39.3 Å². The normalized spacial score (nSPS) is 11.2. The van der Waals surface area contributed by atoms with Crippen LogP contribution in [0.1, 0.15) is 0 Å². The van der Waals surface area contributed by atoms with Gasteiger partial charge < -0.3 is 15.4 Å². The number of hydrogen-bond acceptors (Lipinski definition) is 6. The molecule has 0 bridgehead atoms. The van der Waals surface area contributed by atoms with E-state index in [0.717, 1.165) is 70.3 Å². The Morgan fingerprint density at radius 1 is 0.280 bits per heavy atom. The van der Waals surface area contributed by atoms with Crippen molar-refractivity contribution in [1.82, 2.24) is 9.97 Å². The molecule has 0 amide bonds. The Balaban J connectivity index is 0.000000125. The fraction of sp³-hybridized carbons (Fsp3) is 0.0566. The summed E-state index contributed by atoms with van der Waals surface area (Å²) in [5.74, 6) is 1.87. The highest BCUT2D eigenvalue weighted by molar-refractivity contribution is 14.1. The number of benzene rings is 17. The lowest BCUT2D eigenvalue weighted by molar-refractivity contribution is 0.426. The van der Waals surface area contributed by atoms with Crippen molar-refractivity contribution >= 4 is 187 Å². The molecule has 0 fully saturated rings. The minimum atomic E-state index is -1.58. The van der Waals surface area contributed by atoms with Crippen molar-refractivity contribution in [3.63, 3.8) is 0 Å². The third kappa shape index (κ3) is 18.7. The zero-order valence-electron chi connectivity index (χ0n) is 66.6. The number of anilines is 5. The number of para-hydroxylation sites is 2. The molecule has 0 radical (unpaired) electrons. The predicted octanol–water partition coefficient (Wildman–Crippen LogP) is 28.6. The van der Waals surface area contributed by atoms with Crippen molar-refractivity contribution in [2.24, 2.45) is 0 Å². The average molecular weight is 1800 g/mol. The van der Waals surface area contributed by atoms with Gasteiger partial charge in [0.2, 0.25) is 0 Å². The zero-order valence-corrected chi connectivity index (χ0v) is 74.0. The molecule has 118 heavy (non-hydrogen) atoms. The van der Waals surface area contributed by atoms with Crippen LogP contribution >= 0.6 is 54.5 Å². The van der Waals surface area contributed by atoms with Gasteiger partial charge in [-0.3, -0.25) is 4.90 Å². The van der Waals surface area contributed by atoms with Gasteiger partial charge in [0.05, 0.1) is 0 Å². The largest absolute Gasteiger partial charge is 0.489 e. The van der Waals surface area contributed by atoms with Gasteiger partial charge in [-0.25, -0.2) is 9.97 Å². The molecular weight excluding hydrogens is 1710 g/mol. The number of hydrogen-bond donors (Lipinski definition) is 3. The maximum Gasteiger partial charge on any atom is 0.489 e. The summed E-state index contributed by atoms with van der Waals surface area (Å²) in [6, 6.07) is 142. The van der Waals surface area contributed by atoms with Crippen LogP contribution in [0, 0.1) is 3.57 Å². The number of nitrogens with zero attached hydrogens (tertiary/aromatic N) is 3. The first-order valence-corrected chi connectivity index (χ1v) is 49.3. The van der Waals surface area contributed by atoms with E-state index < -0.39 is 23.3 Å². The summed E-state index contributed by atoms with van der Waals surface area (Å²) in [6.45, 7) is 14.0. The Bertz CT molecular complexity index is 6470. The van der Waals surface area contributed by atoms with Gasteiger partial charge in [-0.15, -0.1) is 0 Å². The first-order valence-electron chi connectivity index (χ1n) is 39.7. The number of nitrogens with one attached hydrogen (secondary N) is 1. The molecule has 2 heterocycles. The maximum atomic E-state index is 9.94. The second kappa shape index (κ2) is 37.3. The van der Waals surface area contributed by atoms with Crippen molar-refractivity contribution in [2.45, 2.75) is 39.3 Å². The summed E-state index contributed by atoms with van der Waals surface area (Å²) >= 11 is 9.18. The van der Waals surface area contributed by atoms with Gasteiger partial charge in [0.1, 0.15) is 27.8 Å². The quantitative estimate of drug-likeness (QED) is 0.0606. The van der Waals surface area contributed by atoms with E-state index in [2.05, 4.69) is 400 Å². The summed E-state index contributed by atoms with van der Waals surface area (Å²) in [4.78, 5) is 12.1. The van der Waals surface area contributed by atoms with E-state index in [1.54, 1.807) is 0 Å². The highest BCUT2D eigenvalue weighted by Gasteiger charge is 2.26. The fourth-order valence-electron chi connectivity index (χ4n) is 15.4. The number of aromatic nitrogens is 2. The van der Waals surface area contributed by atoms with Crippen LogP contribution < -0.4 is 26.3 Å². The van der Waals surface area contributed by atoms with Gasteiger partial charge in [-0.05, 0) is 245 Å². The Morgan fingerprint density at radius 3 is 0.890 bits per heavy atom. The van der Waals surface area contributed by atoms with E-state index in [-0.39, 0.29) is 0 Å². The summed E-state index contributed by atoms with van der Waals surface area (Å²) < 4.78 is 3.50. The molecule has 0 atom stereocenters. The maximum absolute atomic E-state index is 9.94. The van der Waals surface area contributed by atoms with Crippen molar-refractivity contribution in [2.75, 3.05) is 10.2 Å². The van der Waals surface area contributed by atoms with Gasteiger partial charge in [0, 0.05) is 40.2 Å². The zero-order chi connectivity index (χ0) is 81.7. The van der Waals surface area contributed by atoms with Gasteiger partial charge >= 0.3 is 7.12 Å². The van der Waals surface area contributed by atoms with Crippen LogP contribution in [0.25, 0.3) is 120 Å². The lowest BCUT2D eigenvalue weighted by atomic mass is 9.72. The Morgan fingerprint density at radius 2 is 0.551 bits per heavy atom. The topological polar surface area (TPSA) is 81.5 Å². The van der Waals surface area contributed by atoms with E-state index in [1.165, 1.54) is 102 Å². The minimum absolute atomic E-state index is 0.566. The molecule has 3 N–H and O–H groups in total. The van der Waals surface area contributed by atoms with Gasteiger partial charge in [-0.2, -0.15) is 0 Å². The van der Waals surface area contributed by atoms with E-state index in [4.69, 9.17) is 4.98 Å². The number of halogens is 3. The highest BCUT2D eigenvalue weighted by Crippen LogP contribution is 2.47. The number of pyridine rings is 2. The Hall–Kier alpha value is -11.7. The Kier molecular flexibility index (Phi) is 25.7. The standard InChI is InChI=1S/C40H34N2Si.C26H17Br.C20H15BO2.C14H18N2Si.C6H4BrI/c1-43(2,3)38-24-14-23-37(41-38)42(31-17-8-5-9-18-31)32-27-25-30(26-28-32)40-35-21-12-10-19-33(35)39(29-15-6-4-7-16-29)34-20-11-13-22-36(34)40;27-20-16-14-19(15-17-20)26-23-12-6-4-10-21(23)25(18-8-2-1-3-9-18)22-11-5-7-13-24(22)26;22-21(23)20-17-12-6-4-10-15(17)19(14-8-2-1-3-9-14)16-11-5-7-13-18(16)20;1-17(2,3)14-11-7-10-13(16-14)15-12-8-5-4-6-9-12;7-5-1-3-6(8)4-2-5/h4-28H,1-3H3;1-17H;1-13,22-23H;4-11H,1-3H3,(H,15,16);1-4H. The van der Waals surface area contributed by atoms with Crippen molar-refractivity contribution in [3.05, 3.63) is 419 Å². The minimum Gasteiger partial charge on any atom is -0.423 e. The Labute approximate surface area is 724 Å². The van der Waals surface area contributed by atoms with Crippen LogP contribution in [0.15, 0.2) is 415 Å². The van der Waals surface area contributed by atoms with Crippen LogP contribution in [-0.4, -0.2) is 43.3 Å². The van der Waals surface area contributed by atoms with Crippen molar-refractivity contribution < 1.29 is 10.0 Å². The first-order chi connectivity index (χ1) is 57.4. The lowest BCUT2D eigenvalue weighted by Crippen LogP contribution is -2.40. The summed E-state index contributed by atoms with van der Waals surface area (Å²) in [5.41, 5.74) is 16.2. The first kappa shape index (κ1) is 81.5. The third-order valence-corrected chi connectivity index (χ3v) is 26.3. The molecule has 0 unspecified atom stereocenters. The number of rotatable bonds is 13. The predicted molar refractivity (Wildman–Crippen MR) is 528 cm³/mol. The summed E-state index contributed by atoms with van der Waals surface area (Å²) in [6.07, 6.45) is 0. The molecule has 0 aliphatic rings. The van der Waals surface area contributed by atoms with Crippen LogP contribution in [0.4, 0.5) is 28.7 Å². The summed E-state index contributed by atoms with van der Waals surface area (Å²) in [7, 11) is -4.42. The van der Waals surface area contributed by atoms with Crippen LogP contribution in [-0.2, 0) is 0 Å². The molecule has 0 aliphatic heterocycles.